The Hall–Kier alpha value is -2.70. The molecule has 158 valence electrons. The molecule has 0 aromatic heterocycles. The Morgan fingerprint density at radius 3 is 1.52 bits per heavy atom. The number of rotatable bonds is 12. The van der Waals surface area contributed by atoms with Gasteiger partial charge in [0.05, 0.1) is 22.3 Å². The van der Waals surface area contributed by atoms with Gasteiger partial charge < -0.3 is 10.6 Å². The molecule has 1 aromatic rings. The van der Waals surface area contributed by atoms with E-state index in [2.05, 4.69) is 29.8 Å². The van der Waals surface area contributed by atoms with Gasteiger partial charge in [-0.15, -0.1) is 0 Å². The Morgan fingerprint density at radius 1 is 0.724 bits per heavy atom. The van der Waals surface area contributed by atoms with E-state index in [1.165, 1.54) is 12.1 Å². The summed E-state index contributed by atoms with van der Waals surface area (Å²) < 4.78 is 0. The molecule has 0 aliphatic carbocycles. The van der Waals surface area contributed by atoms with Crippen LogP contribution >= 0.6 is 0 Å². The van der Waals surface area contributed by atoms with E-state index in [9.17, 15) is 19.2 Å². The SMILES string of the molecule is CCCCCCNC(=O)c1cc2c(cc1C(=O)NCCCCCC)C(=O)NC2=O. The molecule has 0 radical (unpaired) electrons. The molecule has 3 N–H and O–H groups in total. The minimum absolute atomic E-state index is 0.121. The van der Waals surface area contributed by atoms with Crippen molar-refractivity contribution in [1.29, 1.82) is 0 Å². The highest BCUT2D eigenvalue weighted by Crippen LogP contribution is 2.22. The second-order valence-corrected chi connectivity index (χ2v) is 7.36. The summed E-state index contributed by atoms with van der Waals surface area (Å²) in [7, 11) is 0. The maximum Gasteiger partial charge on any atom is 0.258 e. The predicted molar refractivity (Wildman–Crippen MR) is 111 cm³/mol. The van der Waals surface area contributed by atoms with Gasteiger partial charge in [0.1, 0.15) is 0 Å². The largest absolute Gasteiger partial charge is 0.352 e. The number of nitrogens with one attached hydrogen (secondary N) is 3. The van der Waals surface area contributed by atoms with Crippen molar-refractivity contribution in [3.63, 3.8) is 0 Å². The first-order chi connectivity index (χ1) is 14.0. The summed E-state index contributed by atoms with van der Waals surface area (Å²) in [6.45, 7) is 5.23. The van der Waals surface area contributed by atoms with Crippen LogP contribution in [-0.2, 0) is 0 Å². The summed E-state index contributed by atoms with van der Waals surface area (Å²) in [5.74, 6) is -1.91. The highest BCUT2D eigenvalue weighted by atomic mass is 16.2. The first-order valence-corrected chi connectivity index (χ1v) is 10.6. The highest BCUT2D eigenvalue weighted by Gasteiger charge is 2.31. The molecule has 0 spiro atoms. The minimum atomic E-state index is -0.548. The molecule has 7 nitrogen and oxygen atoms in total. The normalized spacial score (nSPS) is 12.5. The number of benzene rings is 1. The molecule has 0 unspecified atom stereocenters. The van der Waals surface area contributed by atoms with E-state index < -0.39 is 23.6 Å². The van der Waals surface area contributed by atoms with Gasteiger partial charge >= 0.3 is 0 Å². The molecule has 7 heteroatoms. The van der Waals surface area contributed by atoms with Crippen molar-refractivity contribution in [2.75, 3.05) is 13.1 Å². The molecule has 1 aromatic carbocycles. The van der Waals surface area contributed by atoms with Crippen molar-refractivity contribution in [1.82, 2.24) is 16.0 Å². The molecule has 1 aliphatic heterocycles. The molecule has 0 fully saturated rings. The number of hydrogen-bond acceptors (Lipinski definition) is 4. The standard InChI is InChI=1S/C22H31N3O4/c1-3-5-7-9-11-23-19(26)15-13-17-18(22(29)25-21(17)28)14-16(15)20(27)24-12-10-8-6-4-2/h13-14H,3-12H2,1-2H3,(H,23,26)(H,24,27)(H,25,28,29). The van der Waals surface area contributed by atoms with Crippen molar-refractivity contribution in [3.05, 3.63) is 34.4 Å². The van der Waals surface area contributed by atoms with Crippen LogP contribution in [0, 0.1) is 0 Å². The zero-order chi connectivity index (χ0) is 21.2. The van der Waals surface area contributed by atoms with Gasteiger partial charge in [-0.1, -0.05) is 52.4 Å². The fourth-order valence-corrected chi connectivity index (χ4v) is 3.29. The molecule has 1 heterocycles. The van der Waals surface area contributed by atoms with Gasteiger partial charge in [-0.25, -0.2) is 0 Å². The van der Waals surface area contributed by atoms with E-state index in [4.69, 9.17) is 0 Å². The zero-order valence-electron chi connectivity index (χ0n) is 17.4. The number of imide groups is 1. The molecule has 0 saturated heterocycles. The van der Waals surface area contributed by atoms with E-state index >= 15 is 0 Å². The monoisotopic (exact) mass is 401 g/mol. The Labute approximate surface area is 172 Å². The average molecular weight is 402 g/mol. The quantitative estimate of drug-likeness (QED) is 0.369. The summed E-state index contributed by atoms with van der Waals surface area (Å²) >= 11 is 0. The van der Waals surface area contributed by atoms with Crippen LogP contribution in [0.2, 0.25) is 0 Å². The van der Waals surface area contributed by atoms with E-state index in [1.807, 2.05) is 0 Å². The molecule has 4 amide bonds. The Kier molecular flexibility index (Phi) is 8.83. The van der Waals surface area contributed by atoms with Crippen LogP contribution in [0.4, 0.5) is 0 Å². The number of fused-ring (bicyclic) bond motifs is 1. The van der Waals surface area contributed by atoms with Crippen molar-refractivity contribution in [2.24, 2.45) is 0 Å². The Balaban J connectivity index is 2.15. The van der Waals surface area contributed by atoms with Gasteiger partial charge in [-0.2, -0.15) is 0 Å². The minimum Gasteiger partial charge on any atom is -0.352 e. The first-order valence-electron chi connectivity index (χ1n) is 10.6. The summed E-state index contributed by atoms with van der Waals surface area (Å²) in [4.78, 5) is 49.3. The molecular weight excluding hydrogens is 370 g/mol. The Bertz CT molecular complexity index is 711. The smallest absolute Gasteiger partial charge is 0.258 e. The Morgan fingerprint density at radius 2 is 1.14 bits per heavy atom. The third-order valence-corrected chi connectivity index (χ3v) is 5.00. The van der Waals surface area contributed by atoms with Gasteiger partial charge in [0.2, 0.25) is 0 Å². The maximum atomic E-state index is 12.7. The van der Waals surface area contributed by atoms with Crippen LogP contribution in [0.5, 0.6) is 0 Å². The summed E-state index contributed by atoms with van der Waals surface area (Å²) in [6.07, 6.45) is 8.14. The lowest BCUT2D eigenvalue weighted by Gasteiger charge is -2.12. The lowest BCUT2D eigenvalue weighted by molar-refractivity contribution is 0.0878. The van der Waals surface area contributed by atoms with Gasteiger partial charge in [0.25, 0.3) is 23.6 Å². The highest BCUT2D eigenvalue weighted by molar-refractivity contribution is 6.23. The lowest BCUT2D eigenvalue weighted by Crippen LogP contribution is -2.31. The van der Waals surface area contributed by atoms with Crippen LogP contribution < -0.4 is 16.0 Å². The van der Waals surface area contributed by atoms with Crippen LogP contribution in [0.1, 0.15) is 107 Å². The third-order valence-electron chi connectivity index (χ3n) is 5.00. The molecule has 1 aliphatic rings. The lowest BCUT2D eigenvalue weighted by atomic mass is 9.98. The van der Waals surface area contributed by atoms with Gasteiger partial charge in [0.15, 0.2) is 0 Å². The van der Waals surface area contributed by atoms with Crippen molar-refractivity contribution < 1.29 is 19.2 Å². The molecule has 0 bridgehead atoms. The average Bonchev–Trinajstić information content (AvgIpc) is 2.99. The number of carbonyl (C=O) groups excluding carboxylic acids is 4. The predicted octanol–water partition coefficient (Wildman–Crippen LogP) is 3.19. The number of hydrogen-bond donors (Lipinski definition) is 3. The zero-order valence-corrected chi connectivity index (χ0v) is 17.4. The van der Waals surface area contributed by atoms with E-state index in [0.717, 1.165) is 51.4 Å². The number of carbonyl (C=O) groups is 4. The second-order valence-electron chi connectivity index (χ2n) is 7.36. The van der Waals surface area contributed by atoms with E-state index in [1.54, 1.807) is 0 Å². The van der Waals surface area contributed by atoms with Crippen LogP contribution in [0.3, 0.4) is 0 Å². The van der Waals surface area contributed by atoms with Crippen LogP contribution in [-0.4, -0.2) is 36.7 Å². The summed E-state index contributed by atoms with van der Waals surface area (Å²) in [6, 6.07) is 2.70. The molecular formula is C22H31N3O4. The molecule has 0 atom stereocenters. The molecule has 2 rings (SSSR count). The van der Waals surface area contributed by atoms with E-state index in [0.29, 0.717) is 13.1 Å². The van der Waals surface area contributed by atoms with Gasteiger partial charge in [-0.05, 0) is 25.0 Å². The fourth-order valence-electron chi connectivity index (χ4n) is 3.29. The van der Waals surface area contributed by atoms with Crippen molar-refractivity contribution in [2.45, 2.75) is 65.2 Å². The third kappa shape index (κ3) is 6.14. The van der Waals surface area contributed by atoms with Crippen LogP contribution in [0.15, 0.2) is 12.1 Å². The second kappa shape index (κ2) is 11.3. The van der Waals surface area contributed by atoms with Gasteiger partial charge in [0, 0.05) is 13.1 Å². The van der Waals surface area contributed by atoms with Crippen LogP contribution in [0.25, 0.3) is 0 Å². The summed E-state index contributed by atoms with van der Waals surface area (Å²) in [5.41, 5.74) is 0.501. The number of amides is 4. The summed E-state index contributed by atoms with van der Waals surface area (Å²) in [5, 5.41) is 7.84. The van der Waals surface area contributed by atoms with Crippen molar-refractivity contribution >= 4 is 23.6 Å². The topological polar surface area (TPSA) is 104 Å². The fraction of sp³-hybridized carbons (Fsp3) is 0.545. The molecule has 29 heavy (non-hydrogen) atoms. The molecule has 0 saturated carbocycles. The first kappa shape index (κ1) is 22.6. The van der Waals surface area contributed by atoms with Gasteiger partial charge in [-0.3, -0.25) is 24.5 Å². The van der Waals surface area contributed by atoms with Crippen molar-refractivity contribution in [3.8, 4) is 0 Å². The number of unbranched alkanes of at least 4 members (excludes halogenated alkanes) is 6. The van der Waals surface area contributed by atoms with E-state index in [-0.39, 0.29) is 22.3 Å². The maximum absolute atomic E-state index is 12.7.